The smallest absolute Gasteiger partial charge is 0.372 e. The third-order valence-electron chi connectivity index (χ3n) is 3.78. The topological polar surface area (TPSA) is 77.6 Å². The van der Waals surface area contributed by atoms with Crippen LogP contribution in [-0.4, -0.2) is 45.8 Å². The molecule has 23 heavy (non-hydrogen) atoms. The normalized spacial score (nSPS) is 21.4. The van der Waals surface area contributed by atoms with Gasteiger partial charge in [0.05, 0.1) is 12.2 Å². The van der Waals surface area contributed by atoms with Gasteiger partial charge >= 0.3 is 5.76 Å². The van der Waals surface area contributed by atoms with Crippen LogP contribution in [0.1, 0.15) is 13.8 Å². The van der Waals surface area contributed by atoms with Crippen molar-refractivity contribution in [3.63, 3.8) is 0 Å². The molecule has 7 heteroatoms. The molecule has 0 radical (unpaired) electrons. The first kappa shape index (κ1) is 15.5. The number of carbonyl (C=O) groups excluding carboxylic acids is 1. The summed E-state index contributed by atoms with van der Waals surface area (Å²) in [5.41, 5.74) is 0.731. The van der Waals surface area contributed by atoms with Gasteiger partial charge in [0.15, 0.2) is 5.82 Å². The molecule has 7 nitrogen and oxygen atoms in total. The summed E-state index contributed by atoms with van der Waals surface area (Å²) < 4.78 is 11.6. The zero-order valence-electron chi connectivity index (χ0n) is 13.1. The molecular formula is C16H19N3O4. The van der Waals surface area contributed by atoms with E-state index in [4.69, 9.17) is 9.26 Å². The zero-order chi connectivity index (χ0) is 16.4. The van der Waals surface area contributed by atoms with Gasteiger partial charge in [0.25, 0.3) is 0 Å². The van der Waals surface area contributed by atoms with Gasteiger partial charge in [0.1, 0.15) is 6.54 Å². The summed E-state index contributed by atoms with van der Waals surface area (Å²) in [6.07, 6.45) is -0.0361. The van der Waals surface area contributed by atoms with Gasteiger partial charge in [-0.25, -0.2) is 9.36 Å². The van der Waals surface area contributed by atoms with E-state index in [0.29, 0.717) is 18.9 Å². The van der Waals surface area contributed by atoms with Crippen molar-refractivity contribution in [2.45, 2.75) is 32.6 Å². The van der Waals surface area contributed by atoms with E-state index in [1.54, 1.807) is 4.90 Å². The lowest BCUT2D eigenvalue weighted by Gasteiger charge is -2.35. The van der Waals surface area contributed by atoms with Crippen molar-refractivity contribution in [2.24, 2.45) is 0 Å². The Morgan fingerprint density at radius 3 is 2.52 bits per heavy atom. The second-order valence-electron chi connectivity index (χ2n) is 5.78. The maximum atomic E-state index is 12.5. The number of benzene rings is 1. The molecule has 1 aromatic carbocycles. The van der Waals surface area contributed by atoms with Crippen LogP contribution in [0.2, 0.25) is 0 Å². The van der Waals surface area contributed by atoms with Crippen LogP contribution in [0.4, 0.5) is 0 Å². The zero-order valence-corrected chi connectivity index (χ0v) is 13.1. The predicted octanol–water partition coefficient (Wildman–Crippen LogP) is 1.14. The van der Waals surface area contributed by atoms with E-state index in [-0.39, 0.29) is 24.7 Å². The molecular weight excluding hydrogens is 298 g/mol. The van der Waals surface area contributed by atoms with E-state index in [1.807, 2.05) is 44.2 Å². The number of morpholine rings is 1. The molecule has 2 aromatic rings. The molecule has 1 aliphatic rings. The Balaban J connectivity index is 1.82. The maximum Gasteiger partial charge on any atom is 0.442 e. The minimum absolute atomic E-state index is 0.0181. The molecule has 0 bridgehead atoms. The Bertz CT molecular complexity index is 727. The number of hydrogen-bond acceptors (Lipinski definition) is 5. The highest BCUT2D eigenvalue weighted by atomic mass is 16.5. The van der Waals surface area contributed by atoms with Gasteiger partial charge in [0, 0.05) is 18.7 Å². The Morgan fingerprint density at radius 2 is 1.87 bits per heavy atom. The number of nitrogens with zero attached hydrogens (tertiary/aromatic N) is 3. The minimum atomic E-state index is -0.633. The Hall–Kier alpha value is -2.41. The van der Waals surface area contributed by atoms with Gasteiger partial charge in [-0.3, -0.25) is 9.32 Å². The minimum Gasteiger partial charge on any atom is -0.372 e. The molecule has 1 aromatic heterocycles. The molecule has 1 amide bonds. The van der Waals surface area contributed by atoms with E-state index < -0.39 is 5.76 Å². The molecule has 0 N–H and O–H groups in total. The highest BCUT2D eigenvalue weighted by Gasteiger charge is 2.27. The molecule has 0 aliphatic carbocycles. The third-order valence-corrected chi connectivity index (χ3v) is 3.78. The summed E-state index contributed by atoms with van der Waals surface area (Å²) in [6.45, 7) is 4.80. The summed E-state index contributed by atoms with van der Waals surface area (Å²) >= 11 is 0. The standard InChI is InChI=1S/C16H19N3O4/c1-11-8-18(9-12(2)22-11)14(20)10-19-15(17-23-16(19)21)13-6-4-3-5-7-13/h3-7,11-12H,8-10H2,1-2H3/t11-,12+. The van der Waals surface area contributed by atoms with Crippen LogP contribution < -0.4 is 5.76 Å². The van der Waals surface area contributed by atoms with Gasteiger partial charge < -0.3 is 9.64 Å². The molecule has 0 spiro atoms. The lowest BCUT2D eigenvalue weighted by molar-refractivity contribution is -0.143. The van der Waals surface area contributed by atoms with E-state index in [1.165, 1.54) is 4.57 Å². The van der Waals surface area contributed by atoms with Gasteiger partial charge in [0.2, 0.25) is 5.91 Å². The number of hydrogen-bond donors (Lipinski definition) is 0. The fourth-order valence-corrected chi connectivity index (χ4v) is 2.82. The highest BCUT2D eigenvalue weighted by Crippen LogP contribution is 2.16. The first-order valence-corrected chi connectivity index (χ1v) is 7.59. The van der Waals surface area contributed by atoms with Crippen LogP contribution in [0.5, 0.6) is 0 Å². The summed E-state index contributed by atoms with van der Waals surface area (Å²) in [6, 6.07) is 9.18. The van der Waals surface area contributed by atoms with Gasteiger partial charge in [-0.1, -0.05) is 35.5 Å². The quantitative estimate of drug-likeness (QED) is 0.848. The predicted molar refractivity (Wildman–Crippen MR) is 82.8 cm³/mol. The average molecular weight is 317 g/mol. The lowest BCUT2D eigenvalue weighted by atomic mass is 10.2. The largest absolute Gasteiger partial charge is 0.442 e. The first-order chi connectivity index (χ1) is 11.0. The Kier molecular flexibility index (Phi) is 4.29. The first-order valence-electron chi connectivity index (χ1n) is 7.59. The fraction of sp³-hybridized carbons (Fsp3) is 0.438. The van der Waals surface area contributed by atoms with Crippen LogP contribution in [0.15, 0.2) is 39.6 Å². The summed E-state index contributed by atoms with van der Waals surface area (Å²) in [4.78, 5) is 26.1. The van der Waals surface area contributed by atoms with Crippen molar-refractivity contribution in [1.29, 1.82) is 0 Å². The van der Waals surface area contributed by atoms with Crippen molar-refractivity contribution < 1.29 is 14.1 Å². The van der Waals surface area contributed by atoms with Crippen molar-refractivity contribution >= 4 is 5.91 Å². The van der Waals surface area contributed by atoms with Gasteiger partial charge in [-0.05, 0) is 13.8 Å². The molecule has 1 saturated heterocycles. The molecule has 2 heterocycles. The van der Waals surface area contributed by atoms with Crippen molar-refractivity contribution in [3.05, 3.63) is 40.9 Å². The lowest BCUT2D eigenvalue weighted by Crippen LogP contribution is -2.49. The Labute approximate surface area is 133 Å². The van der Waals surface area contributed by atoms with Crippen LogP contribution in [0, 0.1) is 0 Å². The summed E-state index contributed by atoms with van der Waals surface area (Å²) in [5.74, 6) is -0.417. The van der Waals surface area contributed by atoms with Gasteiger partial charge in [-0.15, -0.1) is 0 Å². The molecule has 1 aliphatic heterocycles. The molecule has 0 unspecified atom stereocenters. The molecule has 122 valence electrons. The van der Waals surface area contributed by atoms with Crippen LogP contribution in [-0.2, 0) is 16.1 Å². The number of aromatic nitrogens is 2. The number of ether oxygens (including phenoxy) is 1. The second-order valence-corrected chi connectivity index (χ2v) is 5.78. The molecule has 1 fully saturated rings. The maximum absolute atomic E-state index is 12.5. The second kappa shape index (κ2) is 6.37. The fourth-order valence-electron chi connectivity index (χ4n) is 2.82. The Morgan fingerprint density at radius 1 is 1.22 bits per heavy atom. The van der Waals surface area contributed by atoms with E-state index in [9.17, 15) is 9.59 Å². The van der Waals surface area contributed by atoms with E-state index >= 15 is 0 Å². The van der Waals surface area contributed by atoms with Gasteiger partial charge in [-0.2, -0.15) is 0 Å². The highest BCUT2D eigenvalue weighted by molar-refractivity contribution is 5.76. The van der Waals surface area contributed by atoms with Crippen LogP contribution >= 0.6 is 0 Å². The average Bonchev–Trinajstić information content (AvgIpc) is 2.88. The monoisotopic (exact) mass is 317 g/mol. The molecule has 3 rings (SSSR count). The van der Waals surface area contributed by atoms with E-state index in [2.05, 4.69) is 5.16 Å². The van der Waals surface area contributed by atoms with Crippen molar-refractivity contribution in [2.75, 3.05) is 13.1 Å². The number of amides is 1. The number of rotatable bonds is 3. The molecule has 2 atom stereocenters. The SMILES string of the molecule is C[C@@H]1CN(C(=O)Cn2c(-c3ccccc3)noc2=O)C[C@H](C)O1. The molecule has 0 saturated carbocycles. The van der Waals surface area contributed by atoms with E-state index in [0.717, 1.165) is 5.56 Å². The number of carbonyl (C=O) groups is 1. The van der Waals surface area contributed by atoms with Crippen molar-refractivity contribution in [1.82, 2.24) is 14.6 Å². The van der Waals surface area contributed by atoms with Crippen LogP contribution in [0.3, 0.4) is 0 Å². The summed E-state index contributed by atoms with van der Waals surface area (Å²) in [5, 5.41) is 3.79. The van der Waals surface area contributed by atoms with Crippen molar-refractivity contribution in [3.8, 4) is 11.4 Å². The summed E-state index contributed by atoms with van der Waals surface area (Å²) in [7, 11) is 0. The third kappa shape index (κ3) is 3.34. The van der Waals surface area contributed by atoms with Crippen LogP contribution in [0.25, 0.3) is 11.4 Å².